The third-order valence-electron chi connectivity index (χ3n) is 2.83. The van der Waals surface area contributed by atoms with Crippen LogP contribution in [0.5, 0.6) is 0 Å². The van der Waals surface area contributed by atoms with Gasteiger partial charge in [-0.1, -0.05) is 66.4 Å². The molecule has 3 rings (SSSR count). The van der Waals surface area contributed by atoms with Gasteiger partial charge in [-0.3, -0.25) is 5.41 Å². The molecule has 1 atom stereocenters. The van der Waals surface area contributed by atoms with Crippen LogP contribution < -0.4 is 0 Å². The molecule has 3 heteroatoms. The highest BCUT2D eigenvalue weighted by Gasteiger charge is 2.27. The van der Waals surface area contributed by atoms with Gasteiger partial charge >= 0.3 is 0 Å². The molecule has 17 heavy (non-hydrogen) atoms. The van der Waals surface area contributed by atoms with Crippen LogP contribution in [0.2, 0.25) is 0 Å². The zero-order valence-corrected chi connectivity index (χ0v) is 10.7. The van der Waals surface area contributed by atoms with Crippen molar-refractivity contribution in [3.8, 4) is 0 Å². The van der Waals surface area contributed by atoms with Gasteiger partial charge in [0.1, 0.15) is 0 Å². The van der Waals surface area contributed by atoms with E-state index < -0.39 is 0 Å². The van der Waals surface area contributed by atoms with Gasteiger partial charge in [0.25, 0.3) is 0 Å². The van der Waals surface area contributed by atoms with E-state index >= 15 is 0 Å². The van der Waals surface area contributed by atoms with Gasteiger partial charge in [-0.2, -0.15) is 0 Å². The summed E-state index contributed by atoms with van der Waals surface area (Å²) >= 11 is 1.63. The lowest BCUT2D eigenvalue weighted by molar-refractivity contribution is 1.17. The van der Waals surface area contributed by atoms with Crippen molar-refractivity contribution in [3.63, 3.8) is 0 Å². The SMILES string of the molecule is Cl.N=C1SC(c2ccccc2)c2ccccc21. The molecular weight excluding hydrogens is 250 g/mol. The molecule has 0 saturated heterocycles. The number of thioether (sulfide) groups is 1. The second kappa shape index (κ2) is 4.94. The summed E-state index contributed by atoms with van der Waals surface area (Å²) in [4.78, 5) is 0. The van der Waals surface area contributed by atoms with Gasteiger partial charge in [-0.25, -0.2) is 0 Å². The van der Waals surface area contributed by atoms with E-state index in [4.69, 9.17) is 5.41 Å². The predicted molar refractivity (Wildman–Crippen MR) is 76.4 cm³/mol. The Morgan fingerprint density at radius 2 is 1.53 bits per heavy atom. The van der Waals surface area contributed by atoms with Crippen molar-refractivity contribution in [1.29, 1.82) is 5.41 Å². The highest BCUT2D eigenvalue weighted by molar-refractivity contribution is 8.15. The number of benzene rings is 2. The van der Waals surface area contributed by atoms with Crippen molar-refractivity contribution >= 4 is 29.2 Å². The standard InChI is InChI=1S/C14H11NS.ClH/c15-14-12-9-5-4-8-11(12)13(16-14)10-6-2-1-3-7-10;/h1-9,13,15H;1H. The molecule has 1 N–H and O–H groups in total. The maximum absolute atomic E-state index is 7.97. The van der Waals surface area contributed by atoms with E-state index in [0.29, 0.717) is 10.3 Å². The van der Waals surface area contributed by atoms with Gasteiger partial charge in [0, 0.05) is 5.56 Å². The normalized spacial score (nSPS) is 17.4. The lowest BCUT2D eigenvalue weighted by Gasteiger charge is -2.09. The van der Waals surface area contributed by atoms with Crippen molar-refractivity contribution in [2.24, 2.45) is 0 Å². The highest BCUT2D eigenvalue weighted by atomic mass is 35.5. The fourth-order valence-corrected chi connectivity index (χ4v) is 3.23. The average Bonchev–Trinajstić information content (AvgIpc) is 2.69. The van der Waals surface area contributed by atoms with Gasteiger partial charge in [-0.15, -0.1) is 12.4 Å². The van der Waals surface area contributed by atoms with E-state index in [1.807, 2.05) is 24.3 Å². The molecule has 0 radical (unpaired) electrons. The van der Waals surface area contributed by atoms with Crippen LogP contribution in [0.4, 0.5) is 0 Å². The van der Waals surface area contributed by atoms with Gasteiger partial charge in [0.2, 0.25) is 0 Å². The molecule has 0 aromatic heterocycles. The van der Waals surface area contributed by atoms with Crippen molar-refractivity contribution in [2.45, 2.75) is 5.25 Å². The summed E-state index contributed by atoms with van der Waals surface area (Å²) in [7, 11) is 0. The summed E-state index contributed by atoms with van der Waals surface area (Å²) in [6.07, 6.45) is 0. The van der Waals surface area contributed by atoms with Crippen molar-refractivity contribution < 1.29 is 0 Å². The Kier molecular flexibility index (Phi) is 3.55. The van der Waals surface area contributed by atoms with E-state index in [1.165, 1.54) is 11.1 Å². The Morgan fingerprint density at radius 1 is 0.882 bits per heavy atom. The lowest BCUT2D eigenvalue weighted by atomic mass is 10.0. The first-order valence-corrected chi connectivity index (χ1v) is 6.13. The summed E-state index contributed by atoms with van der Waals surface area (Å²) < 4.78 is 0. The quantitative estimate of drug-likeness (QED) is 0.814. The molecule has 1 aliphatic rings. The van der Waals surface area contributed by atoms with Crippen LogP contribution in [0, 0.1) is 5.41 Å². The first-order chi connectivity index (χ1) is 7.86. The van der Waals surface area contributed by atoms with Crippen molar-refractivity contribution in [3.05, 3.63) is 71.3 Å². The summed E-state index contributed by atoms with van der Waals surface area (Å²) in [6.45, 7) is 0. The first kappa shape index (κ1) is 12.2. The number of hydrogen-bond donors (Lipinski definition) is 1. The smallest absolute Gasteiger partial charge is 0.0955 e. The summed E-state index contributed by atoms with van der Waals surface area (Å²) in [5, 5.41) is 8.95. The molecule has 1 aliphatic heterocycles. The zero-order valence-electron chi connectivity index (χ0n) is 9.09. The zero-order chi connectivity index (χ0) is 11.0. The summed E-state index contributed by atoms with van der Waals surface area (Å²) in [6, 6.07) is 18.6. The second-order valence-electron chi connectivity index (χ2n) is 3.82. The highest BCUT2D eigenvalue weighted by Crippen LogP contribution is 2.45. The van der Waals surface area contributed by atoms with Crippen LogP contribution in [-0.4, -0.2) is 5.04 Å². The fraction of sp³-hybridized carbons (Fsp3) is 0.0714. The monoisotopic (exact) mass is 261 g/mol. The fourth-order valence-electron chi connectivity index (χ4n) is 2.05. The van der Waals surface area contributed by atoms with Gasteiger partial charge < -0.3 is 0 Å². The average molecular weight is 262 g/mol. The van der Waals surface area contributed by atoms with Crippen LogP contribution in [0.1, 0.15) is 21.9 Å². The lowest BCUT2D eigenvalue weighted by Crippen LogP contribution is -1.91. The minimum atomic E-state index is 0. The molecule has 0 fully saturated rings. The van der Waals surface area contributed by atoms with Gasteiger partial charge in [-0.05, 0) is 11.1 Å². The van der Waals surface area contributed by atoms with E-state index in [9.17, 15) is 0 Å². The first-order valence-electron chi connectivity index (χ1n) is 5.26. The van der Waals surface area contributed by atoms with Crippen molar-refractivity contribution in [1.82, 2.24) is 0 Å². The van der Waals surface area contributed by atoms with E-state index in [0.717, 1.165) is 5.56 Å². The maximum atomic E-state index is 7.97. The molecule has 1 unspecified atom stereocenters. The molecule has 0 spiro atoms. The van der Waals surface area contributed by atoms with Crippen molar-refractivity contribution in [2.75, 3.05) is 0 Å². The third-order valence-corrected chi connectivity index (χ3v) is 4.04. The molecule has 0 aliphatic carbocycles. The van der Waals surface area contributed by atoms with Gasteiger partial charge in [0.05, 0.1) is 10.3 Å². The number of fused-ring (bicyclic) bond motifs is 1. The topological polar surface area (TPSA) is 23.9 Å². The molecule has 2 aromatic rings. The number of halogens is 1. The Labute approximate surface area is 111 Å². The largest absolute Gasteiger partial charge is 0.293 e. The molecule has 0 amide bonds. The van der Waals surface area contributed by atoms with Crippen LogP contribution in [0.15, 0.2) is 54.6 Å². The minimum Gasteiger partial charge on any atom is -0.293 e. The number of nitrogens with one attached hydrogen (secondary N) is 1. The Balaban J connectivity index is 0.00000108. The molecule has 1 heterocycles. The van der Waals surface area contributed by atoms with Crippen LogP contribution in [0.3, 0.4) is 0 Å². The molecule has 0 bridgehead atoms. The van der Waals surface area contributed by atoms with Crippen LogP contribution >= 0.6 is 24.2 Å². The molecule has 1 nitrogen and oxygen atoms in total. The van der Waals surface area contributed by atoms with E-state index in [2.05, 4.69) is 30.3 Å². The van der Waals surface area contributed by atoms with E-state index in [-0.39, 0.29) is 12.4 Å². The van der Waals surface area contributed by atoms with Gasteiger partial charge in [0.15, 0.2) is 0 Å². The Morgan fingerprint density at radius 3 is 2.29 bits per heavy atom. The number of hydrogen-bond acceptors (Lipinski definition) is 2. The van der Waals surface area contributed by atoms with Crippen LogP contribution in [-0.2, 0) is 0 Å². The molecule has 0 saturated carbocycles. The second-order valence-corrected chi connectivity index (χ2v) is 4.94. The molecule has 86 valence electrons. The Bertz CT molecular complexity index is 539. The van der Waals surface area contributed by atoms with E-state index in [1.54, 1.807) is 11.8 Å². The Hall–Kier alpha value is -1.25. The maximum Gasteiger partial charge on any atom is 0.0955 e. The molecule has 2 aromatic carbocycles. The minimum absolute atomic E-state index is 0. The summed E-state index contributed by atoms with van der Waals surface area (Å²) in [5.74, 6) is 0. The number of rotatable bonds is 1. The predicted octanol–water partition coefficient (Wildman–Crippen LogP) is 4.27. The summed E-state index contributed by atoms with van der Waals surface area (Å²) in [5.41, 5.74) is 3.63. The molecular formula is C14H12ClNS. The third kappa shape index (κ3) is 2.11. The van der Waals surface area contributed by atoms with Crippen LogP contribution in [0.25, 0.3) is 0 Å².